The van der Waals surface area contributed by atoms with Crippen LogP contribution in [0.3, 0.4) is 0 Å². The molecule has 0 saturated carbocycles. The van der Waals surface area contributed by atoms with E-state index < -0.39 is 11.7 Å². The van der Waals surface area contributed by atoms with E-state index in [1.807, 2.05) is 51.9 Å². The van der Waals surface area contributed by atoms with Crippen molar-refractivity contribution in [2.45, 2.75) is 19.3 Å². The van der Waals surface area contributed by atoms with E-state index >= 15 is 0 Å². The minimum Gasteiger partial charge on any atom is -0.336 e. The molecule has 0 radical (unpaired) electrons. The minimum atomic E-state index is -4.34. The number of imidazole rings is 1. The van der Waals surface area contributed by atoms with E-state index in [4.69, 9.17) is 0 Å². The first-order chi connectivity index (χ1) is 16.9. The molecule has 2 heterocycles. The van der Waals surface area contributed by atoms with Crippen LogP contribution in [0.5, 0.6) is 0 Å². The third kappa shape index (κ3) is 5.07. The number of rotatable bonds is 5. The van der Waals surface area contributed by atoms with Crippen LogP contribution in [0, 0.1) is 0 Å². The largest absolute Gasteiger partial charge is 0.416 e. The van der Waals surface area contributed by atoms with Gasteiger partial charge in [-0.2, -0.15) is 13.2 Å². The second kappa shape index (κ2) is 9.54. The van der Waals surface area contributed by atoms with E-state index in [2.05, 4.69) is 9.88 Å². The molecule has 0 unspecified atom stereocenters. The molecule has 3 aromatic carbocycles. The molecule has 0 N–H and O–H groups in total. The van der Waals surface area contributed by atoms with Crippen LogP contribution < -0.4 is 0 Å². The van der Waals surface area contributed by atoms with Crippen molar-refractivity contribution in [3.05, 3.63) is 102 Å². The second-order valence-electron chi connectivity index (χ2n) is 8.80. The fourth-order valence-electron chi connectivity index (χ4n) is 4.54. The lowest BCUT2D eigenvalue weighted by molar-refractivity contribution is -0.137. The number of amides is 1. The minimum absolute atomic E-state index is 0.0498. The highest BCUT2D eigenvalue weighted by molar-refractivity contribution is 6.07. The van der Waals surface area contributed by atoms with Gasteiger partial charge in [-0.3, -0.25) is 9.69 Å². The van der Waals surface area contributed by atoms with Crippen molar-refractivity contribution < 1.29 is 18.0 Å². The molecule has 0 aliphatic carbocycles. The van der Waals surface area contributed by atoms with Crippen molar-refractivity contribution in [3.63, 3.8) is 0 Å². The van der Waals surface area contributed by atoms with Gasteiger partial charge in [0.2, 0.25) is 0 Å². The van der Waals surface area contributed by atoms with E-state index in [9.17, 15) is 18.0 Å². The quantitative estimate of drug-likeness (QED) is 0.403. The van der Waals surface area contributed by atoms with Crippen LogP contribution in [0.1, 0.15) is 27.2 Å². The maximum absolute atomic E-state index is 13.2. The Morgan fingerprint density at radius 2 is 1.57 bits per heavy atom. The number of piperazine rings is 1. The highest BCUT2D eigenvalue weighted by Gasteiger charge is 2.30. The number of hydrogen-bond acceptors (Lipinski definition) is 3. The van der Waals surface area contributed by atoms with Crippen molar-refractivity contribution in [1.29, 1.82) is 0 Å². The smallest absolute Gasteiger partial charge is 0.336 e. The summed E-state index contributed by atoms with van der Waals surface area (Å²) in [6, 6.07) is 19.0. The van der Waals surface area contributed by atoms with Crippen LogP contribution in [0.25, 0.3) is 10.8 Å². The van der Waals surface area contributed by atoms with E-state index in [0.29, 0.717) is 26.2 Å². The monoisotopic (exact) mass is 478 g/mol. The Labute approximate surface area is 201 Å². The maximum atomic E-state index is 13.2. The van der Waals surface area contributed by atoms with Crippen LogP contribution in [0.15, 0.2) is 79.3 Å². The summed E-state index contributed by atoms with van der Waals surface area (Å²) in [6.45, 7) is 3.86. The van der Waals surface area contributed by atoms with Crippen LogP contribution in [0.4, 0.5) is 13.2 Å². The fourth-order valence-corrected chi connectivity index (χ4v) is 4.54. The molecule has 35 heavy (non-hydrogen) atoms. The normalized spacial score (nSPS) is 15.0. The van der Waals surface area contributed by atoms with Gasteiger partial charge in [0.1, 0.15) is 0 Å². The molecule has 0 bridgehead atoms. The molecule has 5 nitrogen and oxygen atoms in total. The van der Waals surface area contributed by atoms with Gasteiger partial charge in [0, 0.05) is 51.0 Å². The Morgan fingerprint density at radius 3 is 2.31 bits per heavy atom. The summed E-state index contributed by atoms with van der Waals surface area (Å²) < 4.78 is 40.4. The van der Waals surface area contributed by atoms with Gasteiger partial charge in [-0.25, -0.2) is 4.98 Å². The Bertz CT molecular complexity index is 1320. The lowest BCUT2D eigenvalue weighted by Gasteiger charge is -2.35. The van der Waals surface area contributed by atoms with Crippen LogP contribution in [-0.4, -0.2) is 51.4 Å². The number of nitrogens with zero attached hydrogens (tertiary/aromatic N) is 4. The van der Waals surface area contributed by atoms with Gasteiger partial charge in [0.05, 0.1) is 17.6 Å². The van der Waals surface area contributed by atoms with Gasteiger partial charge >= 0.3 is 6.18 Å². The zero-order valence-corrected chi connectivity index (χ0v) is 19.1. The molecule has 4 aromatic rings. The van der Waals surface area contributed by atoms with E-state index in [1.54, 1.807) is 12.5 Å². The first-order valence-corrected chi connectivity index (χ1v) is 11.5. The number of carbonyl (C=O) groups is 1. The summed E-state index contributed by atoms with van der Waals surface area (Å²) in [5.74, 6) is 0.0498. The molecule has 0 spiro atoms. The SMILES string of the molecule is O=C(c1cccc2ccccc12)N1CCN(Cc2cncn2Cc2ccc(C(F)(F)F)cc2)CC1. The molecule has 8 heteroatoms. The summed E-state index contributed by atoms with van der Waals surface area (Å²) in [6.07, 6.45) is -0.846. The molecule has 1 aliphatic rings. The van der Waals surface area contributed by atoms with Crippen LogP contribution >= 0.6 is 0 Å². The number of hydrogen-bond donors (Lipinski definition) is 0. The lowest BCUT2D eigenvalue weighted by Crippen LogP contribution is -2.48. The number of aromatic nitrogens is 2. The summed E-state index contributed by atoms with van der Waals surface area (Å²) in [5.41, 5.74) is 1.84. The van der Waals surface area contributed by atoms with Gasteiger partial charge in [0.25, 0.3) is 5.91 Å². The summed E-state index contributed by atoms with van der Waals surface area (Å²) in [7, 11) is 0. The van der Waals surface area contributed by atoms with Crippen molar-refractivity contribution >= 4 is 16.7 Å². The van der Waals surface area contributed by atoms with Crippen LogP contribution in [-0.2, 0) is 19.3 Å². The average Bonchev–Trinajstić information content (AvgIpc) is 3.29. The first-order valence-electron chi connectivity index (χ1n) is 11.5. The molecule has 1 aliphatic heterocycles. The number of fused-ring (bicyclic) bond motifs is 1. The Kier molecular flexibility index (Phi) is 6.30. The molecular formula is C27H25F3N4O. The molecule has 1 aromatic heterocycles. The topological polar surface area (TPSA) is 41.4 Å². The van der Waals surface area contributed by atoms with Gasteiger partial charge in [-0.15, -0.1) is 0 Å². The summed E-state index contributed by atoms with van der Waals surface area (Å²) >= 11 is 0. The number of alkyl halides is 3. The van der Waals surface area contributed by atoms with Crippen molar-refractivity contribution in [1.82, 2.24) is 19.4 Å². The Hall–Kier alpha value is -3.65. The van der Waals surface area contributed by atoms with Gasteiger partial charge in [0.15, 0.2) is 0 Å². The number of halogens is 3. The van der Waals surface area contributed by atoms with Gasteiger partial charge in [-0.1, -0.05) is 48.5 Å². The molecule has 1 saturated heterocycles. The fraction of sp³-hybridized carbons (Fsp3) is 0.259. The standard InChI is InChI=1S/C27H25F3N4O/c28-27(29,30)22-10-8-20(9-11-22)17-34-19-31-16-23(34)18-32-12-14-33(15-13-32)26(35)25-7-3-5-21-4-1-2-6-24(21)25/h1-11,16,19H,12-15,17-18H2. The molecule has 1 fully saturated rings. The van der Waals surface area contributed by atoms with E-state index in [-0.39, 0.29) is 5.91 Å². The average molecular weight is 479 g/mol. The Morgan fingerprint density at radius 1 is 0.857 bits per heavy atom. The predicted molar refractivity (Wildman–Crippen MR) is 128 cm³/mol. The highest BCUT2D eigenvalue weighted by atomic mass is 19.4. The van der Waals surface area contributed by atoms with Gasteiger partial charge < -0.3 is 9.47 Å². The molecule has 1 amide bonds. The second-order valence-corrected chi connectivity index (χ2v) is 8.80. The van der Waals surface area contributed by atoms with Crippen molar-refractivity contribution in [3.8, 4) is 0 Å². The van der Waals surface area contributed by atoms with Crippen molar-refractivity contribution in [2.75, 3.05) is 26.2 Å². The van der Waals surface area contributed by atoms with Crippen molar-refractivity contribution in [2.24, 2.45) is 0 Å². The predicted octanol–water partition coefficient (Wildman–Crippen LogP) is 5.06. The first kappa shape index (κ1) is 23.1. The molecule has 180 valence electrons. The van der Waals surface area contributed by atoms with Gasteiger partial charge in [-0.05, 0) is 34.5 Å². The Balaban J connectivity index is 1.20. The maximum Gasteiger partial charge on any atom is 0.416 e. The number of carbonyl (C=O) groups excluding carboxylic acids is 1. The molecule has 0 atom stereocenters. The highest BCUT2D eigenvalue weighted by Crippen LogP contribution is 2.29. The third-order valence-electron chi connectivity index (χ3n) is 6.50. The number of benzene rings is 3. The summed E-state index contributed by atoms with van der Waals surface area (Å²) in [5, 5.41) is 2.02. The lowest BCUT2D eigenvalue weighted by atomic mass is 10.0. The van der Waals surface area contributed by atoms with Crippen LogP contribution in [0.2, 0.25) is 0 Å². The summed E-state index contributed by atoms with van der Waals surface area (Å²) in [4.78, 5) is 21.6. The zero-order valence-electron chi connectivity index (χ0n) is 19.1. The van der Waals surface area contributed by atoms with E-state index in [1.165, 1.54) is 12.1 Å². The zero-order chi connectivity index (χ0) is 24.4. The van der Waals surface area contributed by atoms with E-state index in [0.717, 1.165) is 52.8 Å². The third-order valence-corrected chi connectivity index (χ3v) is 6.50. The molecular weight excluding hydrogens is 453 g/mol. The molecule has 5 rings (SSSR count).